The summed E-state index contributed by atoms with van der Waals surface area (Å²) in [7, 11) is 1.52. The van der Waals surface area contributed by atoms with Gasteiger partial charge in [-0.05, 0) is 46.3 Å². The number of amides is 1. The molecule has 4 nitrogen and oxygen atoms in total. The van der Waals surface area contributed by atoms with Gasteiger partial charge in [0.1, 0.15) is 11.6 Å². The summed E-state index contributed by atoms with van der Waals surface area (Å²) in [5, 5.41) is 2.66. The van der Waals surface area contributed by atoms with Crippen molar-refractivity contribution >= 4 is 33.2 Å². The van der Waals surface area contributed by atoms with E-state index in [1.54, 1.807) is 18.2 Å². The van der Waals surface area contributed by atoms with Crippen LogP contribution in [0.5, 0.6) is 5.75 Å². The molecule has 0 bridgehead atoms. The first-order chi connectivity index (χ1) is 9.51. The zero-order chi connectivity index (χ0) is 14.7. The van der Waals surface area contributed by atoms with Gasteiger partial charge in [0.2, 0.25) is 0 Å². The number of rotatable bonds is 3. The van der Waals surface area contributed by atoms with Crippen LogP contribution in [0.25, 0.3) is 0 Å². The molecule has 0 atom stereocenters. The Morgan fingerprint density at radius 2 is 2.05 bits per heavy atom. The second kappa shape index (κ2) is 5.92. The van der Waals surface area contributed by atoms with E-state index in [4.69, 9.17) is 10.5 Å². The molecule has 2 aromatic rings. The van der Waals surface area contributed by atoms with E-state index in [-0.39, 0.29) is 11.7 Å². The van der Waals surface area contributed by atoms with Gasteiger partial charge in [0.15, 0.2) is 0 Å². The van der Waals surface area contributed by atoms with Crippen molar-refractivity contribution < 1.29 is 13.9 Å². The number of hydrogen-bond donors (Lipinski definition) is 2. The van der Waals surface area contributed by atoms with Crippen molar-refractivity contribution in [2.45, 2.75) is 0 Å². The number of benzene rings is 2. The van der Waals surface area contributed by atoms with E-state index in [9.17, 15) is 9.18 Å². The fraction of sp³-hybridized carbons (Fsp3) is 0.0714. The van der Waals surface area contributed by atoms with Crippen molar-refractivity contribution in [3.05, 3.63) is 52.3 Å². The molecule has 0 fully saturated rings. The summed E-state index contributed by atoms with van der Waals surface area (Å²) >= 11 is 3.18. The number of nitrogen functional groups attached to an aromatic ring is 1. The predicted molar refractivity (Wildman–Crippen MR) is 79.5 cm³/mol. The number of halogens is 2. The SMILES string of the molecule is COc1ccc(C(=O)Nc2ccc(F)cc2Br)c(N)c1. The number of nitrogens with one attached hydrogen (secondary N) is 1. The lowest BCUT2D eigenvalue weighted by atomic mass is 10.1. The molecule has 0 aliphatic rings. The van der Waals surface area contributed by atoms with Crippen LogP contribution in [0.4, 0.5) is 15.8 Å². The summed E-state index contributed by atoms with van der Waals surface area (Å²) in [6, 6.07) is 8.78. The van der Waals surface area contributed by atoms with E-state index in [0.29, 0.717) is 27.2 Å². The Morgan fingerprint density at radius 3 is 2.65 bits per heavy atom. The molecule has 1 amide bonds. The Labute approximate surface area is 123 Å². The van der Waals surface area contributed by atoms with Crippen LogP contribution < -0.4 is 15.8 Å². The van der Waals surface area contributed by atoms with Crippen molar-refractivity contribution in [2.24, 2.45) is 0 Å². The number of ether oxygens (including phenoxy) is 1. The van der Waals surface area contributed by atoms with Gasteiger partial charge in [-0.25, -0.2) is 4.39 Å². The molecule has 0 aliphatic carbocycles. The highest BCUT2D eigenvalue weighted by atomic mass is 79.9. The molecule has 0 unspecified atom stereocenters. The lowest BCUT2D eigenvalue weighted by molar-refractivity contribution is 0.102. The maximum absolute atomic E-state index is 13.0. The molecule has 3 N–H and O–H groups in total. The minimum Gasteiger partial charge on any atom is -0.497 e. The van der Waals surface area contributed by atoms with Gasteiger partial charge in [-0.15, -0.1) is 0 Å². The summed E-state index contributed by atoms with van der Waals surface area (Å²) in [5.74, 6) is -0.196. The Kier molecular flexibility index (Phi) is 4.24. The third kappa shape index (κ3) is 3.08. The Morgan fingerprint density at radius 1 is 1.30 bits per heavy atom. The van der Waals surface area contributed by atoms with Crippen LogP contribution in [0.15, 0.2) is 40.9 Å². The fourth-order valence-electron chi connectivity index (χ4n) is 1.66. The highest BCUT2D eigenvalue weighted by Crippen LogP contribution is 2.25. The first-order valence-corrected chi connectivity index (χ1v) is 6.50. The zero-order valence-corrected chi connectivity index (χ0v) is 12.2. The summed E-state index contributed by atoms with van der Waals surface area (Å²) < 4.78 is 18.5. The molecule has 0 saturated carbocycles. The molecule has 2 aromatic carbocycles. The number of hydrogen-bond acceptors (Lipinski definition) is 3. The molecule has 0 radical (unpaired) electrons. The van der Waals surface area contributed by atoms with Crippen molar-refractivity contribution in [1.29, 1.82) is 0 Å². The molecular weight excluding hydrogens is 327 g/mol. The predicted octanol–water partition coefficient (Wildman–Crippen LogP) is 3.43. The standard InChI is InChI=1S/C14H12BrFN2O2/c1-20-9-3-4-10(12(17)7-9)14(19)18-13-5-2-8(16)6-11(13)15/h2-7H,17H2,1H3,(H,18,19). The van der Waals surface area contributed by atoms with Crippen LogP contribution >= 0.6 is 15.9 Å². The molecule has 0 heterocycles. The van der Waals surface area contributed by atoms with Crippen LogP contribution in [0.1, 0.15) is 10.4 Å². The van der Waals surface area contributed by atoms with Gasteiger partial charge in [0.05, 0.1) is 18.4 Å². The van der Waals surface area contributed by atoms with E-state index in [2.05, 4.69) is 21.2 Å². The summed E-state index contributed by atoms with van der Waals surface area (Å²) in [4.78, 5) is 12.1. The minimum atomic E-state index is -0.390. The maximum Gasteiger partial charge on any atom is 0.257 e. The quantitative estimate of drug-likeness (QED) is 0.842. The second-order valence-corrected chi connectivity index (χ2v) is 4.89. The molecule has 0 aromatic heterocycles. The molecule has 104 valence electrons. The Balaban J connectivity index is 2.24. The zero-order valence-electron chi connectivity index (χ0n) is 10.6. The first-order valence-electron chi connectivity index (χ1n) is 5.71. The van der Waals surface area contributed by atoms with E-state index < -0.39 is 0 Å². The molecule has 6 heteroatoms. The molecule has 0 spiro atoms. The Bertz CT molecular complexity index is 662. The normalized spacial score (nSPS) is 10.2. The van der Waals surface area contributed by atoms with Gasteiger partial charge < -0.3 is 15.8 Å². The van der Waals surface area contributed by atoms with Crippen molar-refractivity contribution in [2.75, 3.05) is 18.2 Å². The lowest BCUT2D eigenvalue weighted by Gasteiger charge is -2.10. The van der Waals surface area contributed by atoms with Crippen LogP contribution in [-0.4, -0.2) is 13.0 Å². The van der Waals surface area contributed by atoms with Gasteiger partial charge in [0.25, 0.3) is 5.91 Å². The number of methoxy groups -OCH3 is 1. The third-order valence-corrected chi connectivity index (χ3v) is 3.34. The molecule has 2 rings (SSSR count). The average Bonchev–Trinajstić information content (AvgIpc) is 2.41. The monoisotopic (exact) mass is 338 g/mol. The summed E-state index contributed by atoms with van der Waals surface area (Å²) in [5.41, 5.74) is 6.89. The van der Waals surface area contributed by atoms with Crippen LogP contribution in [-0.2, 0) is 0 Å². The van der Waals surface area contributed by atoms with Crippen molar-refractivity contribution in [1.82, 2.24) is 0 Å². The second-order valence-electron chi connectivity index (χ2n) is 4.03. The van der Waals surface area contributed by atoms with E-state index in [0.717, 1.165) is 0 Å². The summed E-state index contributed by atoms with van der Waals surface area (Å²) in [6.07, 6.45) is 0. The van der Waals surface area contributed by atoms with Gasteiger partial charge >= 0.3 is 0 Å². The van der Waals surface area contributed by atoms with Gasteiger partial charge in [-0.2, -0.15) is 0 Å². The number of anilines is 2. The van der Waals surface area contributed by atoms with Crippen LogP contribution in [0.2, 0.25) is 0 Å². The first kappa shape index (κ1) is 14.3. The molecule has 0 saturated heterocycles. The van der Waals surface area contributed by atoms with Crippen molar-refractivity contribution in [3.63, 3.8) is 0 Å². The lowest BCUT2D eigenvalue weighted by Crippen LogP contribution is -2.14. The van der Waals surface area contributed by atoms with E-state index in [1.165, 1.54) is 25.3 Å². The largest absolute Gasteiger partial charge is 0.497 e. The number of carbonyl (C=O) groups is 1. The van der Waals surface area contributed by atoms with Crippen LogP contribution in [0, 0.1) is 5.82 Å². The third-order valence-electron chi connectivity index (χ3n) is 2.68. The molecule has 20 heavy (non-hydrogen) atoms. The van der Waals surface area contributed by atoms with Crippen LogP contribution in [0.3, 0.4) is 0 Å². The topological polar surface area (TPSA) is 64.3 Å². The maximum atomic E-state index is 13.0. The van der Waals surface area contributed by atoms with E-state index in [1.807, 2.05) is 0 Å². The summed E-state index contributed by atoms with van der Waals surface area (Å²) in [6.45, 7) is 0. The highest BCUT2D eigenvalue weighted by Gasteiger charge is 2.12. The number of nitrogens with two attached hydrogens (primary N) is 1. The Hall–Kier alpha value is -2.08. The average molecular weight is 339 g/mol. The highest BCUT2D eigenvalue weighted by molar-refractivity contribution is 9.10. The van der Waals surface area contributed by atoms with Gasteiger partial charge in [-0.1, -0.05) is 0 Å². The smallest absolute Gasteiger partial charge is 0.257 e. The molecular formula is C14H12BrFN2O2. The fourth-order valence-corrected chi connectivity index (χ4v) is 2.11. The van der Waals surface area contributed by atoms with Gasteiger partial charge in [-0.3, -0.25) is 4.79 Å². The van der Waals surface area contributed by atoms with Gasteiger partial charge in [0, 0.05) is 16.2 Å². The van der Waals surface area contributed by atoms with E-state index >= 15 is 0 Å². The minimum absolute atomic E-state index is 0.306. The number of carbonyl (C=O) groups excluding carboxylic acids is 1. The molecule has 0 aliphatic heterocycles. The van der Waals surface area contributed by atoms with Crippen molar-refractivity contribution in [3.8, 4) is 5.75 Å².